The van der Waals surface area contributed by atoms with Crippen molar-refractivity contribution in [2.45, 2.75) is 46.1 Å². The van der Waals surface area contributed by atoms with Crippen molar-refractivity contribution in [3.05, 3.63) is 35.4 Å². The second-order valence-electron chi connectivity index (χ2n) is 6.67. The Bertz CT molecular complexity index is 400. The van der Waals surface area contributed by atoms with E-state index >= 15 is 0 Å². The molecule has 0 bridgehead atoms. The zero-order valence-electron chi connectivity index (χ0n) is 13.1. The molecule has 0 amide bonds. The molecule has 0 aliphatic carbocycles. The standard InChI is InChI=1S/C18H30N2/c1-15(2)12-16(13-19)9-11-20-10-5-8-17-6-3-4-7-18(17)14-20/h3-4,6-7,15-16H,5,8-14,19H2,1-2H3. The molecule has 0 saturated carbocycles. The van der Waals surface area contributed by atoms with Crippen molar-refractivity contribution in [2.24, 2.45) is 17.6 Å². The molecule has 1 aromatic rings. The summed E-state index contributed by atoms with van der Waals surface area (Å²) in [6.45, 7) is 8.98. The van der Waals surface area contributed by atoms with E-state index in [9.17, 15) is 0 Å². The number of aryl methyl sites for hydroxylation is 1. The van der Waals surface area contributed by atoms with E-state index in [4.69, 9.17) is 5.73 Å². The minimum absolute atomic E-state index is 0.688. The molecule has 20 heavy (non-hydrogen) atoms. The van der Waals surface area contributed by atoms with E-state index < -0.39 is 0 Å². The van der Waals surface area contributed by atoms with Gasteiger partial charge in [0.15, 0.2) is 0 Å². The molecule has 1 aliphatic rings. The Hall–Kier alpha value is -0.860. The van der Waals surface area contributed by atoms with Crippen LogP contribution >= 0.6 is 0 Å². The predicted molar refractivity (Wildman–Crippen MR) is 86.7 cm³/mol. The second-order valence-corrected chi connectivity index (χ2v) is 6.67. The highest BCUT2D eigenvalue weighted by Crippen LogP contribution is 2.20. The van der Waals surface area contributed by atoms with Gasteiger partial charge in [-0.1, -0.05) is 38.1 Å². The van der Waals surface area contributed by atoms with Gasteiger partial charge in [-0.2, -0.15) is 0 Å². The molecule has 1 atom stereocenters. The van der Waals surface area contributed by atoms with E-state index in [1.165, 1.54) is 44.3 Å². The zero-order chi connectivity index (χ0) is 14.4. The first kappa shape index (κ1) is 15.5. The molecule has 0 spiro atoms. The molecule has 2 nitrogen and oxygen atoms in total. The molecule has 2 rings (SSSR count). The first-order valence-electron chi connectivity index (χ1n) is 8.18. The average molecular weight is 274 g/mol. The van der Waals surface area contributed by atoms with E-state index in [1.54, 1.807) is 5.56 Å². The van der Waals surface area contributed by atoms with Crippen LogP contribution in [0, 0.1) is 11.8 Å². The molecule has 2 heteroatoms. The lowest BCUT2D eigenvalue weighted by Gasteiger charge is -2.24. The van der Waals surface area contributed by atoms with Crippen molar-refractivity contribution in [2.75, 3.05) is 19.6 Å². The first-order chi connectivity index (χ1) is 9.69. The van der Waals surface area contributed by atoms with Crippen LogP contribution in [0.2, 0.25) is 0 Å². The lowest BCUT2D eigenvalue weighted by molar-refractivity contribution is 0.238. The third-order valence-electron chi connectivity index (χ3n) is 4.42. The summed E-state index contributed by atoms with van der Waals surface area (Å²) in [5.41, 5.74) is 9.00. The van der Waals surface area contributed by atoms with Gasteiger partial charge in [0.25, 0.3) is 0 Å². The largest absolute Gasteiger partial charge is 0.330 e. The molecule has 1 unspecified atom stereocenters. The first-order valence-corrected chi connectivity index (χ1v) is 8.18. The molecule has 0 aromatic heterocycles. The summed E-state index contributed by atoms with van der Waals surface area (Å²) in [6.07, 6.45) is 5.03. The van der Waals surface area contributed by atoms with Crippen molar-refractivity contribution in [3.8, 4) is 0 Å². The van der Waals surface area contributed by atoms with Crippen LogP contribution in [0.25, 0.3) is 0 Å². The molecular formula is C18H30N2. The molecule has 1 aliphatic heterocycles. The minimum Gasteiger partial charge on any atom is -0.330 e. The SMILES string of the molecule is CC(C)CC(CN)CCN1CCCc2ccccc2C1. The predicted octanol–water partition coefficient (Wildman–Crippen LogP) is 3.45. The van der Waals surface area contributed by atoms with Crippen LogP contribution in [-0.4, -0.2) is 24.5 Å². The van der Waals surface area contributed by atoms with Gasteiger partial charge in [0, 0.05) is 6.54 Å². The second kappa shape index (κ2) is 7.80. The number of nitrogens with two attached hydrogens (primary N) is 1. The Labute approximate surface area is 124 Å². The maximum Gasteiger partial charge on any atom is 0.0236 e. The number of fused-ring (bicyclic) bond motifs is 1. The summed E-state index contributed by atoms with van der Waals surface area (Å²) in [5.74, 6) is 1.45. The lowest BCUT2D eigenvalue weighted by Crippen LogP contribution is -2.28. The highest BCUT2D eigenvalue weighted by molar-refractivity contribution is 5.27. The highest BCUT2D eigenvalue weighted by atomic mass is 15.1. The van der Waals surface area contributed by atoms with Gasteiger partial charge in [0.1, 0.15) is 0 Å². The number of hydrogen-bond acceptors (Lipinski definition) is 2. The van der Waals surface area contributed by atoms with Gasteiger partial charge < -0.3 is 5.73 Å². The highest BCUT2D eigenvalue weighted by Gasteiger charge is 2.16. The van der Waals surface area contributed by atoms with Crippen molar-refractivity contribution in [3.63, 3.8) is 0 Å². The fraction of sp³-hybridized carbons (Fsp3) is 0.667. The van der Waals surface area contributed by atoms with Crippen molar-refractivity contribution < 1.29 is 0 Å². The van der Waals surface area contributed by atoms with Crippen LogP contribution in [0.15, 0.2) is 24.3 Å². The summed E-state index contributed by atoms with van der Waals surface area (Å²) in [5, 5.41) is 0. The van der Waals surface area contributed by atoms with E-state index in [2.05, 4.69) is 43.0 Å². The van der Waals surface area contributed by atoms with Crippen molar-refractivity contribution in [1.82, 2.24) is 4.90 Å². The number of nitrogens with zero attached hydrogens (tertiary/aromatic N) is 1. The molecule has 0 fully saturated rings. The number of hydrogen-bond donors (Lipinski definition) is 1. The minimum atomic E-state index is 0.688. The summed E-state index contributed by atoms with van der Waals surface area (Å²) >= 11 is 0. The Balaban J connectivity index is 1.87. The van der Waals surface area contributed by atoms with E-state index in [-0.39, 0.29) is 0 Å². The van der Waals surface area contributed by atoms with E-state index in [0.717, 1.165) is 19.0 Å². The summed E-state index contributed by atoms with van der Waals surface area (Å²) in [4.78, 5) is 2.62. The monoisotopic (exact) mass is 274 g/mol. The van der Waals surface area contributed by atoms with E-state index in [0.29, 0.717) is 5.92 Å². The zero-order valence-corrected chi connectivity index (χ0v) is 13.1. The van der Waals surface area contributed by atoms with Crippen molar-refractivity contribution >= 4 is 0 Å². The molecule has 1 aromatic carbocycles. The molecule has 0 saturated heterocycles. The van der Waals surface area contributed by atoms with Crippen LogP contribution in [-0.2, 0) is 13.0 Å². The summed E-state index contributed by atoms with van der Waals surface area (Å²) in [6, 6.07) is 8.92. The quantitative estimate of drug-likeness (QED) is 0.861. The lowest BCUT2D eigenvalue weighted by atomic mass is 9.94. The van der Waals surface area contributed by atoms with Crippen LogP contribution < -0.4 is 5.73 Å². The summed E-state index contributed by atoms with van der Waals surface area (Å²) in [7, 11) is 0. The van der Waals surface area contributed by atoms with Gasteiger partial charge in [0.2, 0.25) is 0 Å². The number of benzene rings is 1. The van der Waals surface area contributed by atoms with Crippen LogP contribution in [0.5, 0.6) is 0 Å². The molecule has 1 heterocycles. The van der Waals surface area contributed by atoms with Crippen molar-refractivity contribution in [1.29, 1.82) is 0 Å². The smallest absolute Gasteiger partial charge is 0.0236 e. The summed E-state index contributed by atoms with van der Waals surface area (Å²) < 4.78 is 0. The Morgan fingerprint density at radius 1 is 1.20 bits per heavy atom. The van der Waals surface area contributed by atoms with Crippen LogP contribution in [0.1, 0.15) is 44.2 Å². The van der Waals surface area contributed by atoms with Gasteiger partial charge in [-0.05, 0) is 68.3 Å². The van der Waals surface area contributed by atoms with Gasteiger partial charge in [-0.15, -0.1) is 0 Å². The molecule has 112 valence electrons. The Morgan fingerprint density at radius 2 is 1.95 bits per heavy atom. The fourth-order valence-corrected chi connectivity index (χ4v) is 3.32. The van der Waals surface area contributed by atoms with Gasteiger partial charge in [0.05, 0.1) is 0 Å². The maximum absolute atomic E-state index is 5.93. The number of rotatable bonds is 6. The molecule has 0 radical (unpaired) electrons. The third-order valence-corrected chi connectivity index (χ3v) is 4.42. The topological polar surface area (TPSA) is 29.3 Å². The van der Waals surface area contributed by atoms with Gasteiger partial charge >= 0.3 is 0 Å². The third kappa shape index (κ3) is 4.60. The normalized spacial score (nSPS) is 17.8. The fourth-order valence-electron chi connectivity index (χ4n) is 3.32. The molecule has 2 N–H and O–H groups in total. The van der Waals surface area contributed by atoms with Crippen LogP contribution in [0.3, 0.4) is 0 Å². The van der Waals surface area contributed by atoms with E-state index in [1.807, 2.05) is 0 Å². The maximum atomic E-state index is 5.93. The van der Waals surface area contributed by atoms with Crippen LogP contribution in [0.4, 0.5) is 0 Å². The Kier molecular flexibility index (Phi) is 6.06. The Morgan fingerprint density at radius 3 is 2.65 bits per heavy atom. The molecular weight excluding hydrogens is 244 g/mol. The average Bonchev–Trinajstić information content (AvgIpc) is 2.64. The van der Waals surface area contributed by atoms with Gasteiger partial charge in [-0.25, -0.2) is 0 Å². The van der Waals surface area contributed by atoms with Gasteiger partial charge in [-0.3, -0.25) is 4.90 Å².